The van der Waals surface area contributed by atoms with Crippen molar-refractivity contribution in [1.29, 1.82) is 0 Å². The van der Waals surface area contributed by atoms with E-state index in [1.54, 1.807) is 0 Å². The molecule has 0 radical (unpaired) electrons. The van der Waals surface area contributed by atoms with Crippen LogP contribution in [0.2, 0.25) is 0 Å². The summed E-state index contributed by atoms with van der Waals surface area (Å²) in [6.45, 7) is 4.53. The quantitative estimate of drug-likeness (QED) is 0.222. The Labute approximate surface area is 290 Å². The molecule has 0 aliphatic rings. The molecule has 0 spiro atoms. The summed E-state index contributed by atoms with van der Waals surface area (Å²) in [6, 6.07) is 49.3. The fourth-order valence-electron chi connectivity index (χ4n) is 7.18. The molecule has 0 unspecified atom stereocenters. The predicted molar refractivity (Wildman–Crippen MR) is 177 cm³/mol. The van der Waals surface area contributed by atoms with E-state index in [4.69, 9.17) is 0 Å². The smallest absolute Gasteiger partial charge is 1.00 e. The van der Waals surface area contributed by atoms with E-state index in [1.807, 2.05) is 0 Å². The Morgan fingerprint density at radius 1 is 0.455 bits per heavy atom. The van der Waals surface area contributed by atoms with Gasteiger partial charge in [0.05, 0.1) is 0 Å². The minimum absolute atomic E-state index is 0. The Morgan fingerprint density at radius 3 is 1.30 bits per heavy atom. The van der Waals surface area contributed by atoms with Gasteiger partial charge in [0, 0.05) is 0 Å². The predicted octanol–water partition coefficient (Wildman–Crippen LogP) is 5.28. The SMILES string of the molecule is Cc1[cH-]c2cccc(Cc3cccc4[cH-]c(C)c(-c5cccc6ccccc56)c34)c2c1-c1cccc2ccccc12.[Cl-].[Cl-].[Zr+4]. The average molecular weight is 685 g/mol. The first-order valence-corrected chi connectivity index (χ1v) is 14.5. The maximum absolute atomic E-state index is 2.37. The summed E-state index contributed by atoms with van der Waals surface area (Å²) in [7, 11) is 0. The number of hydrogen-bond acceptors (Lipinski definition) is 0. The van der Waals surface area contributed by atoms with Crippen LogP contribution in [0.3, 0.4) is 0 Å². The molecule has 3 heteroatoms. The first-order valence-electron chi connectivity index (χ1n) is 14.5. The van der Waals surface area contributed by atoms with E-state index in [0.29, 0.717) is 0 Å². The molecule has 0 nitrogen and oxygen atoms in total. The maximum atomic E-state index is 2.37. The van der Waals surface area contributed by atoms with Crippen molar-refractivity contribution in [3.8, 4) is 22.3 Å². The van der Waals surface area contributed by atoms with E-state index in [-0.39, 0.29) is 51.0 Å². The first-order chi connectivity index (χ1) is 20.2. The fourth-order valence-corrected chi connectivity index (χ4v) is 7.18. The molecule has 0 saturated heterocycles. The van der Waals surface area contributed by atoms with Gasteiger partial charge < -0.3 is 24.8 Å². The van der Waals surface area contributed by atoms with Gasteiger partial charge in [0.25, 0.3) is 0 Å². The van der Waals surface area contributed by atoms with E-state index in [2.05, 4.69) is 147 Å². The second kappa shape index (κ2) is 12.9. The van der Waals surface area contributed by atoms with E-state index >= 15 is 0 Å². The number of fused-ring (bicyclic) bond motifs is 4. The molecule has 8 rings (SSSR count). The zero-order chi connectivity index (χ0) is 27.5. The Hall–Kier alpha value is -3.48. The van der Waals surface area contributed by atoms with Crippen molar-refractivity contribution in [1.82, 2.24) is 0 Å². The van der Waals surface area contributed by atoms with Gasteiger partial charge >= 0.3 is 26.2 Å². The number of aryl methyl sites for hydroxylation is 2. The third kappa shape index (κ3) is 5.16. The van der Waals surface area contributed by atoms with Crippen molar-refractivity contribution >= 4 is 43.1 Å². The van der Waals surface area contributed by atoms with Gasteiger partial charge in [0.15, 0.2) is 0 Å². The van der Waals surface area contributed by atoms with Crippen molar-refractivity contribution in [2.45, 2.75) is 20.3 Å². The van der Waals surface area contributed by atoms with Crippen LogP contribution in [0.1, 0.15) is 22.3 Å². The summed E-state index contributed by atoms with van der Waals surface area (Å²) in [5.41, 5.74) is 10.8. The number of halogens is 2. The molecule has 8 aromatic carbocycles. The zero-order valence-corrected chi connectivity index (χ0v) is 28.6. The monoisotopic (exact) mass is 682 g/mol. The molecule has 0 saturated carbocycles. The van der Waals surface area contributed by atoms with Crippen LogP contribution in [0.5, 0.6) is 0 Å². The number of rotatable bonds is 4. The summed E-state index contributed by atoms with van der Waals surface area (Å²) in [6.07, 6.45) is 0.886. The molecule has 0 N–H and O–H groups in total. The Bertz CT molecular complexity index is 2100. The van der Waals surface area contributed by atoms with Gasteiger partial charge in [-0.1, -0.05) is 133 Å². The molecule has 0 aliphatic heterocycles. The van der Waals surface area contributed by atoms with Gasteiger partial charge in [-0.05, 0) is 28.0 Å². The molecule has 0 atom stereocenters. The minimum atomic E-state index is 0. The van der Waals surface area contributed by atoms with Crippen molar-refractivity contribution in [2.24, 2.45) is 0 Å². The normalized spacial score (nSPS) is 11.0. The molecule has 0 amide bonds. The first kappa shape index (κ1) is 31.9. The molecule has 212 valence electrons. The largest absolute Gasteiger partial charge is 4.00 e. The van der Waals surface area contributed by atoms with Gasteiger partial charge in [-0.15, -0.1) is 80.2 Å². The van der Waals surface area contributed by atoms with Crippen LogP contribution in [-0.4, -0.2) is 0 Å². The van der Waals surface area contributed by atoms with Crippen LogP contribution in [0.15, 0.2) is 133 Å². The third-order valence-corrected chi connectivity index (χ3v) is 8.90. The molecular weight excluding hydrogens is 655 g/mol. The maximum Gasteiger partial charge on any atom is 4.00 e. The van der Waals surface area contributed by atoms with E-state index in [9.17, 15) is 0 Å². The van der Waals surface area contributed by atoms with Gasteiger partial charge in [0.1, 0.15) is 0 Å². The second-order valence-electron chi connectivity index (χ2n) is 11.4. The average Bonchev–Trinajstić information content (AvgIpc) is 3.53. The topological polar surface area (TPSA) is 0 Å². The van der Waals surface area contributed by atoms with Crippen LogP contribution in [0.4, 0.5) is 0 Å². The van der Waals surface area contributed by atoms with Crippen LogP contribution < -0.4 is 24.8 Å². The summed E-state index contributed by atoms with van der Waals surface area (Å²) in [4.78, 5) is 0. The number of hydrogen-bond donors (Lipinski definition) is 0. The van der Waals surface area contributed by atoms with Gasteiger partial charge in [0.2, 0.25) is 0 Å². The Morgan fingerprint density at radius 2 is 0.841 bits per heavy atom. The van der Waals surface area contributed by atoms with Crippen molar-refractivity contribution < 1.29 is 51.0 Å². The standard InChI is InChI=1S/C41H30.2ClH.Zr/c1-26-23-30-15-7-17-32(40(30)38(26)36-21-9-13-28-11-3-5-19-34(28)36)25-33-18-8-16-31-24-27(2)39(41(31)33)37-22-10-14-29-12-4-6-20-35(29)37;;;/h3-24H,25H2,1-2H3;2*1H;/q-2;;;+4/p-2. The Balaban J connectivity index is 0.00000128. The Kier molecular flexibility index (Phi) is 9.34. The fraction of sp³-hybridized carbons (Fsp3) is 0.0732. The van der Waals surface area contributed by atoms with Gasteiger partial charge in [-0.2, -0.15) is 0 Å². The molecule has 0 aromatic heterocycles. The summed E-state index contributed by atoms with van der Waals surface area (Å²) in [5.74, 6) is 0. The summed E-state index contributed by atoms with van der Waals surface area (Å²) >= 11 is 0. The van der Waals surface area contributed by atoms with Crippen molar-refractivity contribution in [3.63, 3.8) is 0 Å². The van der Waals surface area contributed by atoms with Crippen molar-refractivity contribution in [3.05, 3.63) is 156 Å². The molecular formula is C41H30Cl2Zr. The number of benzene rings is 6. The molecule has 44 heavy (non-hydrogen) atoms. The van der Waals surface area contributed by atoms with Crippen LogP contribution in [0.25, 0.3) is 65.3 Å². The van der Waals surface area contributed by atoms with E-state index < -0.39 is 0 Å². The van der Waals surface area contributed by atoms with E-state index in [0.717, 1.165) is 6.42 Å². The van der Waals surface area contributed by atoms with Gasteiger partial charge in [-0.25, -0.2) is 0 Å². The molecule has 0 fully saturated rings. The second-order valence-corrected chi connectivity index (χ2v) is 11.4. The zero-order valence-electron chi connectivity index (χ0n) is 24.7. The van der Waals surface area contributed by atoms with Crippen LogP contribution >= 0.6 is 0 Å². The van der Waals surface area contributed by atoms with Gasteiger partial charge in [-0.3, -0.25) is 0 Å². The summed E-state index contributed by atoms with van der Waals surface area (Å²) < 4.78 is 0. The summed E-state index contributed by atoms with van der Waals surface area (Å²) in [5, 5.41) is 10.6. The minimum Gasteiger partial charge on any atom is -1.00 e. The molecule has 0 heterocycles. The van der Waals surface area contributed by atoms with Crippen LogP contribution in [0, 0.1) is 13.8 Å². The molecule has 0 aliphatic carbocycles. The third-order valence-electron chi connectivity index (χ3n) is 8.90. The molecule has 8 aromatic rings. The van der Waals surface area contributed by atoms with E-state index in [1.165, 1.54) is 87.6 Å². The van der Waals surface area contributed by atoms with Crippen LogP contribution in [-0.2, 0) is 32.6 Å². The molecule has 0 bridgehead atoms. The van der Waals surface area contributed by atoms with Crippen molar-refractivity contribution in [2.75, 3.05) is 0 Å².